The van der Waals surface area contributed by atoms with Gasteiger partial charge in [-0.2, -0.15) is 0 Å². The van der Waals surface area contributed by atoms with Gasteiger partial charge in [-0.3, -0.25) is 0 Å². The predicted octanol–water partition coefficient (Wildman–Crippen LogP) is 3.36. The van der Waals surface area contributed by atoms with Crippen LogP contribution in [-0.2, 0) is 13.6 Å². The van der Waals surface area contributed by atoms with Gasteiger partial charge in [-0.1, -0.05) is 6.07 Å². The standard InChI is InChI=1S/C16H22N2/c1-10-7-11(2)16-12(3)15(9-17-13-5-6-13)18(4)14(16)8-10/h7-8,13,17H,5-6,9H2,1-4H3. The number of hydrogen-bond donors (Lipinski definition) is 1. The van der Waals surface area contributed by atoms with Gasteiger partial charge in [0, 0.05) is 36.2 Å². The first-order chi connectivity index (χ1) is 8.58. The number of aromatic nitrogens is 1. The second kappa shape index (κ2) is 4.13. The quantitative estimate of drug-likeness (QED) is 0.873. The molecule has 1 fully saturated rings. The summed E-state index contributed by atoms with van der Waals surface area (Å²) < 4.78 is 2.36. The molecule has 96 valence electrons. The average Bonchev–Trinajstić information content (AvgIpc) is 3.08. The number of benzene rings is 1. The summed E-state index contributed by atoms with van der Waals surface area (Å²) >= 11 is 0. The van der Waals surface area contributed by atoms with Gasteiger partial charge in [-0.05, 0) is 56.4 Å². The van der Waals surface area contributed by atoms with E-state index >= 15 is 0 Å². The Bertz CT molecular complexity index is 603. The summed E-state index contributed by atoms with van der Waals surface area (Å²) in [4.78, 5) is 0. The zero-order valence-corrected chi connectivity index (χ0v) is 11.8. The van der Waals surface area contributed by atoms with E-state index < -0.39 is 0 Å². The lowest BCUT2D eigenvalue weighted by Gasteiger charge is -2.06. The maximum absolute atomic E-state index is 3.63. The van der Waals surface area contributed by atoms with Crippen LogP contribution < -0.4 is 5.32 Å². The van der Waals surface area contributed by atoms with Crippen LogP contribution >= 0.6 is 0 Å². The molecule has 2 nitrogen and oxygen atoms in total. The summed E-state index contributed by atoms with van der Waals surface area (Å²) in [6.07, 6.45) is 2.70. The molecular formula is C16H22N2. The molecule has 1 N–H and O–H groups in total. The Morgan fingerprint density at radius 2 is 1.94 bits per heavy atom. The van der Waals surface area contributed by atoms with Crippen LogP contribution in [0.3, 0.4) is 0 Å². The highest BCUT2D eigenvalue weighted by atomic mass is 15.0. The van der Waals surface area contributed by atoms with Crippen molar-refractivity contribution in [1.29, 1.82) is 0 Å². The molecule has 2 aromatic rings. The number of aryl methyl sites for hydroxylation is 4. The van der Waals surface area contributed by atoms with Crippen molar-refractivity contribution in [2.45, 2.75) is 46.2 Å². The Morgan fingerprint density at radius 3 is 2.61 bits per heavy atom. The summed E-state index contributed by atoms with van der Waals surface area (Å²) in [5.74, 6) is 0. The van der Waals surface area contributed by atoms with Crippen LogP contribution in [0.5, 0.6) is 0 Å². The van der Waals surface area contributed by atoms with Crippen LogP contribution in [0.1, 0.15) is 35.2 Å². The zero-order valence-electron chi connectivity index (χ0n) is 11.8. The molecular weight excluding hydrogens is 220 g/mol. The lowest BCUT2D eigenvalue weighted by atomic mass is 10.0. The Kier molecular flexibility index (Phi) is 2.70. The molecule has 18 heavy (non-hydrogen) atoms. The van der Waals surface area contributed by atoms with E-state index in [1.54, 1.807) is 0 Å². The Hall–Kier alpha value is -1.28. The van der Waals surface area contributed by atoms with Crippen molar-refractivity contribution in [1.82, 2.24) is 9.88 Å². The van der Waals surface area contributed by atoms with E-state index in [1.165, 1.54) is 46.1 Å². The van der Waals surface area contributed by atoms with Gasteiger partial charge in [0.1, 0.15) is 0 Å². The average molecular weight is 242 g/mol. The molecule has 1 aliphatic carbocycles. The minimum Gasteiger partial charge on any atom is -0.346 e. The maximum atomic E-state index is 3.63. The highest BCUT2D eigenvalue weighted by Crippen LogP contribution is 2.29. The van der Waals surface area contributed by atoms with E-state index in [0.29, 0.717) is 0 Å². The van der Waals surface area contributed by atoms with Crippen molar-refractivity contribution in [3.63, 3.8) is 0 Å². The zero-order chi connectivity index (χ0) is 12.9. The van der Waals surface area contributed by atoms with Crippen LogP contribution in [0.15, 0.2) is 12.1 Å². The third-order valence-electron chi connectivity index (χ3n) is 4.17. The molecule has 1 aromatic heterocycles. The van der Waals surface area contributed by atoms with Gasteiger partial charge in [0.15, 0.2) is 0 Å². The maximum Gasteiger partial charge on any atom is 0.0488 e. The molecule has 0 radical (unpaired) electrons. The van der Waals surface area contributed by atoms with E-state index in [4.69, 9.17) is 0 Å². The molecule has 0 amide bonds. The van der Waals surface area contributed by atoms with Crippen LogP contribution in [0.4, 0.5) is 0 Å². The monoisotopic (exact) mass is 242 g/mol. The summed E-state index contributed by atoms with van der Waals surface area (Å²) in [5, 5.41) is 5.07. The number of hydrogen-bond acceptors (Lipinski definition) is 1. The number of nitrogens with zero attached hydrogens (tertiary/aromatic N) is 1. The van der Waals surface area contributed by atoms with Crippen molar-refractivity contribution >= 4 is 10.9 Å². The minimum absolute atomic E-state index is 0.769. The van der Waals surface area contributed by atoms with E-state index in [-0.39, 0.29) is 0 Å². The van der Waals surface area contributed by atoms with Crippen molar-refractivity contribution in [2.24, 2.45) is 7.05 Å². The van der Waals surface area contributed by atoms with E-state index in [0.717, 1.165) is 12.6 Å². The van der Waals surface area contributed by atoms with Crippen molar-refractivity contribution in [3.8, 4) is 0 Å². The molecule has 0 saturated heterocycles. The second-order valence-corrected chi connectivity index (χ2v) is 5.76. The third kappa shape index (κ3) is 1.85. The van der Waals surface area contributed by atoms with Crippen molar-refractivity contribution < 1.29 is 0 Å². The smallest absolute Gasteiger partial charge is 0.0488 e. The SMILES string of the molecule is Cc1cc(C)c2c(C)c(CNC3CC3)n(C)c2c1. The normalized spacial score (nSPS) is 15.6. The fraction of sp³-hybridized carbons (Fsp3) is 0.500. The van der Waals surface area contributed by atoms with E-state index in [1.807, 2.05) is 0 Å². The fourth-order valence-electron chi connectivity index (χ4n) is 3.02. The Labute approximate surface area is 109 Å². The molecule has 0 unspecified atom stereocenters. The lowest BCUT2D eigenvalue weighted by molar-refractivity contribution is 0.652. The molecule has 1 aromatic carbocycles. The third-order valence-corrected chi connectivity index (χ3v) is 4.17. The van der Waals surface area contributed by atoms with Gasteiger partial charge in [-0.25, -0.2) is 0 Å². The molecule has 0 aliphatic heterocycles. The van der Waals surface area contributed by atoms with Gasteiger partial charge >= 0.3 is 0 Å². The summed E-state index contributed by atoms with van der Waals surface area (Å²) in [7, 11) is 2.19. The second-order valence-electron chi connectivity index (χ2n) is 5.76. The summed E-state index contributed by atoms with van der Waals surface area (Å²) in [5.41, 5.74) is 7.00. The predicted molar refractivity (Wildman–Crippen MR) is 77.0 cm³/mol. The molecule has 0 spiro atoms. The van der Waals surface area contributed by atoms with Crippen LogP contribution in [0, 0.1) is 20.8 Å². The molecule has 1 heterocycles. The first kappa shape index (κ1) is 11.8. The van der Waals surface area contributed by atoms with Gasteiger partial charge < -0.3 is 9.88 Å². The van der Waals surface area contributed by atoms with Gasteiger partial charge in [0.05, 0.1) is 0 Å². The largest absolute Gasteiger partial charge is 0.346 e. The number of rotatable bonds is 3. The molecule has 1 saturated carbocycles. The van der Waals surface area contributed by atoms with Crippen LogP contribution in [0.25, 0.3) is 10.9 Å². The molecule has 0 atom stereocenters. The molecule has 3 rings (SSSR count). The van der Waals surface area contributed by atoms with Crippen LogP contribution in [-0.4, -0.2) is 10.6 Å². The number of fused-ring (bicyclic) bond motifs is 1. The number of nitrogens with one attached hydrogen (secondary N) is 1. The summed E-state index contributed by atoms with van der Waals surface area (Å²) in [6.45, 7) is 7.66. The Morgan fingerprint density at radius 1 is 1.22 bits per heavy atom. The van der Waals surface area contributed by atoms with Gasteiger partial charge in [0.2, 0.25) is 0 Å². The first-order valence-electron chi connectivity index (χ1n) is 6.86. The topological polar surface area (TPSA) is 17.0 Å². The molecule has 0 bridgehead atoms. The first-order valence-corrected chi connectivity index (χ1v) is 6.86. The van der Waals surface area contributed by atoms with E-state index in [2.05, 4.69) is 49.8 Å². The molecule has 2 heteroatoms. The highest BCUT2D eigenvalue weighted by Gasteiger charge is 2.22. The summed E-state index contributed by atoms with van der Waals surface area (Å²) in [6, 6.07) is 5.36. The van der Waals surface area contributed by atoms with Crippen molar-refractivity contribution in [2.75, 3.05) is 0 Å². The fourth-order valence-corrected chi connectivity index (χ4v) is 3.02. The van der Waals surface area contributed by atoms with Gasteiger partial charge in [-0.15, -0.1) is 0 Å². The van der Waals surface area contributed by atoms with E-state index in [9.17, 15) is 0 Å². The minimum atomic E-state index is 0.769. The Balaban J connectivity index is 2.10. The molecule has 1 aliphatic rings. The van der Waals surface area contributed by atoms with Crippen molar-refractivity contribution in [3.05, 3.63) is 34.5 Å². The lowest BCUT2D eigenvalue weighted by Crippen LogP contribution is -2.17. The highest BCUT2D eigenvalue weighted by molar-refractivity contribution is 5.89. The van der Waals surface area contributed by atoms with Gasteiger partial charge in [0.25, 0.3) is 0 Å². The van der Waals surface area contributed by atoms with Crippen LogP contribution in [0.2, 0.25) is 0 Å².